The van der Waals surface area contributed by atoms with Gasteiger partial charge in [-0.25, -0.2) is 0 Å². The average Bonchev–Trinajstić information content (AvgIpc) is 2.25. The van der Waals surface area contributed by atoms with E-state index in [1.54, 1.807) is 0 Å². The highest BCUT2D eigenvalue weighted by Gasteiger charge is 2.26. The smallest absolute Gasteiger partial charge is 0.0195 e. The van der Waals surface area contributed by atoms with Crippen LogP contribution in [0.4, 0.5) is 0 Å². The molecule has 0 aromatic rings. The fourth-order valence-corrected chi connectivity index (χ4v) is 3.15. The lowest BCUT2D eigenvalue weighted by atomic mass is 9.86. The highest BCUT2D eigenvalue weighted by atomic mass is 15.3. The molecule has 1 atom stereocenters. The summed E-state index contributed by atoms with van der Waals surface area (Å²) in [4.78, 5) is 5.12. The molecule has 0 amide bonds. The second-order valence-corrected chi connectivity index (χ2v) is 5.89. The van der Waals surface area contributed by atoms with Crippen molar-refractivity contribution in [3.05, 3.63) is 0 Å². The molecule has 0 aromatic heterocycles. The van der Waals surface area contributed by atoms with E-state index in [1.807, 2.05) is 0 Å². The second kappa shape index (κ2) is 5.48. The molecule has 2 aliphatic rings. The van der Waals surface area contributed by atoms with Gasteiger partial charge in [0.1, 0.15) is 0 Å². The minimum absolute atomic E-state index is 0.487. The van der Waals surface area contributed by atoms with Crippen molar-refractivity contribution in [1.29, 1.82) is 0 Å². The third-order valence-corrected chi connectivity index (χ3v) is 4.35. The van der Waals surface area contributed by atoms with E-state index >= 15 is 0 Å². The maximum Gasteiger partial charge on any atom is 0.0195 e. The Bertz CT molecular complexity index is 211. The van der Waals surface area contributed by atoms with E-state index in [0.717, 1.165) is 12.0 Å². The molecular formula is C13H27N3. The molecule has 1 aliphatic carbocycles. The molecule has 0 bridgehead atoms. The number of nitrogens with zero attached hydrogens (tertiary/aromatic N) is 2. The molecule has 0 radical (unpaired) electrons. The molecule has 16 heavy (non-hydrogen) atoms. The van der Waals surface area contributed by atoms with Gasteiger partial charge in [0.2, 0.25) is 0 Å². The molecule has 1 aliphatic heterocycles. The summed E-state index contributed by atoms with van der Waals surface area (Å²) in [6.45, 7) is 7.38. The van der Waals surface area contributed by atoms with E-state index in [0.29, 0.717) is 6.04 Å². The first-order chi connectivity index (χ1) is 7.65. The van der Waals surface area contributed by atoms with Crippen molar-refractivity contribution < 1.29 is 0 Å². The standard InChI is InChI=1S/C13H27N3/c1-11-9-15(2)7-8-16(11)10-12-3-5-13(14)6-4-12/h11-13H,3-10,14H2,1-2H3. The lowest BCUT2D eigenvalue weighted by Crippen LogP contribution is -2.52. The van der Waals surface area contributed by atoms with Crippen molar-refractivity contribution in [3.8, 4) is 0 Å². The molecule has 1 unspecified atom stereocenters. The van der Waals surface area contributed by atoms with E-state index in [2.05, 4.69) is 23.8 Å². The van der Waals surface area contributed by atoms with Crippen LogP contribution in [0.15, 0.2) is 0 Å². The lowest BCUT2D eigenvalue weighted by Gasteiger charge is -2.41. The molecule has 0 spiro atoms. The fraction of sp³-hybridized carbons (Fsp3) is 1.00. The van der Waals surface area contributed by atoms with Gasteiger partial charge in [-0.3, -0.25) is 4.90 Å². The Morgan fingerprint density at radius 3 is 2.44 bits per heavy atom. The van der Waals surface area contributed by atoms with Gasteiger partial charge in [-0.2, -0.15) is 0 Å². The number of hydrogen-bond acceptors (Lipinski definition) is 3. The lowest BCUT2D eigenvalue weighted by molar-refractivity contribution is 0.0768. The van der Waals surface area contributed by atoms with Crippen molar-refractivity contribution in [2.24, 2.45) is 11.7 Å². The summed E-state index contributed by atoms with van der Waals surface area (Å²) in [5.41, 5.74) is 5.96. The fourth-order valence-electron chi connectivity index (χ4n) is 3.15. The monoisotopic (exact) mass is 225 g/mol. The van der Waals surface area contributed by atoms with Gasteiger partial charge in [0.05, 0.1) is 0 Å². The maximum absolute atomic E-state index is 5.96. The van der Waals surface area contributed by atoms with Gasteiger partial charge < -0.3 is 10.6 Å². The first kappa shape index (κ1) is 12.3. The van der Waals surface area contributed by atoms with Gasteiger partial charge in [0, 0.05) is 38.3 Å². The van der Waals surface area contributed by atoms with Crippen molar-refractivity contribution >= 4 is 0 Å². The van der Waals surface area contributed by atoms with Gasteiger partial charge in [0.25, 0.3) is 0 Å². The number of piperazine rings is 1. The predicted octanol–water partition coefficient (Wildman–Crippen LogP) is 1.14. The zero-order valence-electron chi connectivity index (χ0n) is 10.9. The molecule has 94 valence electrons. The van der Waals surface area contributed by atoms with Crippen molar-refractivity contribution in [2.75, 3.05) is 33.2 Å². The highest BCUT2D eigenvalue weighted by molar-refractivity contribution is 4.82. The largest absolute Gasteiger partial charge is 0.328 e. The zero-order valence-corrected chi connectivity index (χ0v) is 10.9. The van der Waals surface area contributed by atoms with Gasteiger partial charge in [-0.05, 0) is 45.6 Å². The molecule has 2 fully saturated rings. The van der Waals surface area contributed by atoms with Crippen LogP contribution in [0, 0.1) is 5.92 Å². The van der Waals surface area contributed by atoms with Crippen molar-refractivity contribution in [2.45, 2.75) is 44.7 Å². The number of hydrogen-bond donors (Lipinski definition) is 1. The molecule has 2 N–H and O–H groups in total. The molecule has 2 rings (SSSR count). The van der Waals surface area contributed by atoms with Crippen LogP contribution in [-0.2, 0) is 0 Å². The van der Waals surface area contributed by atoms with Gasteiger partial charge in [-0.1, -0.05) is 0 Å². The van der Waals surface area contributed by atoms with Gasteiger partial charge in [-0.15, -0.1) is 0 Å². The highest BCUT2D eigenvalue weighted by Crippen LogP contribution is 2.25. The van der Waals surface area contributed by atoms with E-state index < -0.39 is 0 Å². The van der Waals surface area contributed by atoms with Crippen LogP contribution < -0.4 is 5.73 Å². The number of likely N-dealkylation sites (N-methyl/N-ethyl adjacent to an activating group) is 1. The molecule has 1 saturated carbocycles. The third kappa shape index (κ3) is 3.19. The summed E-state index contributed by atoms with van der Waals surface area (Å²) in [5, 5.41) is 0. The maximum atomic E-state index is 5.96. The summed E-state index contributed by atoms with van der Waals surface area (Å²) < 4.78 is 0. The van der Waals surface area contributed by atoms with Crippen LogP contribution in [0.1, 0.15) is 32.6 Å². The van der Waals surface area contributed by atoms with Crippen LogP contribution >= 0.6 is 0 Å². The quantitative estimate of drug-likeness (QED) is 0.765. The zero-order chi connectivity index (χ0) is 11.5. The van der Waals surface area contributed by atoms with Crippen LogP contribution in [0.5, 0.6) is 0 Å². The van der Waals surface area contributed by atoms with Crippen LogP contribution in [-0.4, -0.2) is 55.1 Å². The van der Waals surface area contributed by atoms with Crippen molar-refractivity contribution in [1.82, 2.24) is 9.80 Å². The Labute approximate surface area is 100.0 Å². The molecule has 3 nitrogen and oxygen atoms in total. The topological polar surface area (TPSA) is 32.5 Å². The minimum atomic E-state index is 0.487. The van der Waals surface area contributed by atoms with Crippen LogP contribution in [0.2, 0.25) is 0 Å². The Morgan fingerprint density at radius 2 is 1.81 bits per heavy atom. The summed E-state index contributed by atoms with van der Waals surface area (Å²) in [6, 6.07) is 1.22. The van der Waals surface area contributed by atoms with Gasteiger partial charge in [0.15, 0.2) is 0 Å². The van der Waals surface area contributed by atoms with E-state index in [4.69, 9.17) is 5.73 Å². The van der Waals surface area contributed by atoms with Crippen LogP contribution in [0.3, 0.4) is 0 Å². The Morgan fingerprint density at radius 1 is 1.12 bits per heavy atom. The summed E-state index contributed by atoms with van der Waals surface area (Å²) in [6.07, 6.45) is 5.18. The molecule has 0 aromatic carbocycles. The molecule has 3 heteroatoms. The predicted molar refractivity (Wildman–Crippen MR) is 68.5 cm³/mol. The first-order valence-corrected chi connectivity index (χ1v) is 6.83. The molecule has 1 heterocycles. The Kier molecular flexibility index (Phi) is 4.22. The first-order valence-electron chi connectivity index (χ1n) is 6.83. The van der Waals surface area contributed by atoms with E-state index in [1.165, 1.54) is 51.9 Å². The average molecular weight is 225 g/mol. The minimum Gasteiger partial charge on any atom is -0.328 e. The van der Waals surface area contributed by atoms with Crippen molar-refractivity contribution in [3.63, 3.8) is 0 Å². The number of rotatable bonds is 2. The second-order valence-electron chi connectivity index (χ2n) is 5.89. The molecular weight excluding hydrogens is 198 g/mol. The Hall–Kier alpha value is -0.120. The normalized spacial score (nSPS) is 38.8. The summed E-state index contributed by atoms with van der Waals surface area (Å²) in [7, 11) is 2.23. The molecule has 1 saturated heterocycles. The van der Waals surface area contributed by atoms with Gasteiger partial charge >= 0.3 is 0 Å². The van der Waals surface area contributed by atoms with E-state index in [9.17, 15) is 0 Å². The summed E-state index contributed by atoms with van der Waals surface area (Å²) in [5.74, 6) is 0.908. The van der Waals surface area contributed by atoms with E-state index in [-0.39, 0.29) is 0 Å². The number of nitrogens with two attached hydrogens (primary N) is 1. The summed E-state index contributed by atoms with van der Waals surface area (Å²) >= 11 is 0. The third-order valence-electron chi connectivity index (χ3n) is 4.35. The Balaban J connectivity index is 1.76. The SMILES string of the molecule is CC1CN(C)CCN1CC1CCC(N)CC1. The van der Waals surface area contributed by atoms with Crippen LogP contribution in [0.25, 0.3) is 0 Å².